The van der Waals surface area contributed by atoms with Gasteiger partial charge in [-0.2, -0.15) is 13.2 Å². The number of alkyl halides is 3. The van der Waals surface area contributed by atoms with Gasteiger partial charge in [0, 0.05) is 55.1 Å². The van der Waals surface area contributed by atoms with Gasteiger partial charge in [0.15, 0.2) is 0 Å². The molecule has 7 heteroatoms. The molecule has 2 bridgehead atoms. The van der Waals surface area contributed by atoms with Crippen LogP contribution in [0.5, 0.6) is 0 Å². The molecule has 1 saturated heterocycles. The summed E-state index contributed by atoms with van der Waals surface area (Å²) >= 11 is 0. The molecule has 0 spiro atoms. The Kier molecular flexibility index (Phi) is 5.05. The number of fused-ring (bicyclic) bond motifs is 4. The van der Waals surface area contributed by atoms with Crippen molar-refractivity contribution in [3.63, 3.8) is 0 Å². The first-order valence-corrected chi connectivity index (χ1v) is 10.1. The number of rotatable bonds is 3. The Hall–Kier alpha value is -2.15. The number of hydrogen-bond donors (Lipinski definition) is 0. The molecular weight excluding hydrogens is 379 g/mol. The third-order valence-corrected chi connectivity index (χ3v) is 5.83. The lowest BCUT2D eigenvalue weighted by Gasteiger charge is -2.43. The highest BCUT2D eigenvalue weighted by Crippen LogP contribution is 2.37. The summed E-state index contributed by atoms with van der Waals surface area (Å²) in [5.74, 6) is 1.23. The van der Waals surface area contributed by atoms with Crippen LogP contribution in [0.4, 0.5) is 13.2 Å². The summed E-state index contributed by atoms with van der Waals surface area (Å²) in [6.45, 7) is 9.51. The molecule has 0 aliphatic carbocycles. The van der Waals surface area contributed by atoms with Crippen molar-refractivity contribution in [1.29, 1.82) is 0 Å². The van der Waals surface area contributed by atoms with Crippen LogP contribution < -0.4 is 5.56 Å². The summed E-state index contributed by atoms with van der Waals surface area (Å²) in [4.78, 5) is 19.6. The molecule has 0 unspecified atom stereocenters. The summed E-state index contributed by atoms with van der Waals surface area (Å²) in [7, 11) is 0. The molecule has 0 amide bonds. The first kappa shape index (κ1) is 20.1. The Labute approximate surface area is 168 Å². The zero-order valence-electron chi connectivity index (χ0n) is 17.0. The predicted octanol–water partition coefficient (Wildman–Crippen LogP) is 4.31. The van der Waals surface area contributed by atoms with E-state index in [1.165, 1.54) is 6.07 Å². The van der Waals surface area contributed by atoms with Gasteiger partial charge in [-0.3, -0.25) is 9.78 Å². The molecule has 2 aromatic rings. The first-order valence-electron chi connectivity index (χ1n) is 10.1. The molecule has 2 atom stereocenters. The molecule has 4 nitrogen and oxygen atoms in total. The number of likely N-dealkylation sites (tertiary alicyclic amines) is 1. The monoisotopic (exact) mass is 405 g/mol. The molecule has 0 N–H and O–H groups in total. The van der Waals surface area contributed by atoms with E-state index in [4.69, 9.17) is 0 Å². The van der Waals surface area contributed by atoms with Gasteiger partial charge in [0.25, 0.3) is 5.56 Å². The Morgan fingerprint density at radius 1 is 1.14 bits per heavy atom. The van der Waals surface area contributed by atoms with Crippen LogP contribution in [0.1, 0.15) is 43.1 Å². The maximum atomic E-state index is 13.2. The van der Waals surface area contributed by atoms with E-state index in [0.29, 0.717) is 23.9 Å². The largest absolute Gasteiger partial charge is 0.416 e. The molecule has 0 saturated carbocycles. The molecule has 2 aliphatic rings. The smallest absolute Gasteiger partial charge is 0.312 e. The number of piperidine rings is 1. The van der Waals surface area contributed by atoms with Gasteiger partial charge in [0.05, 0.1) is 11.3 Å². The average Bonchev–Trinajstić information content (AvgIpc) is 2.60. The van der Waals surface area contributed by atoms with Crippen LogP contribution in [0.25, 0.3) is 11.3 Å². The summed E-state index contributed by atoms with van der Waals surface area (Å²) in [6, 6.07) is 5.38. The minimum absolute atomic E-state index is 0.152. The lowest BCUT2D eigenvalue weighted by Crippen LogP contribution is -2.48. The Bertz CT molecular complexity index is 980. The lowest BCUT2D eigenvalue weighted by molar-refractivity contribution is -0.137. The summed E-state index contributed by atoms with van der Waals surface area (Å²) in [5, 5.41) is 0. The van der Waals surface area contributed by atoms with Gasteiger partial charge >= 0.3 is 6.18 Å². The molecular formula is C22H26F3N3O. The summed E-state index contributed by atoms with van der Waals surface area (Å²) in [6.07, 6.45) is -3.42. The van der Waals surface area contributed by atoms with Crippen molar-refractivity contribution < 1.29 is 13.2 Å². The van der Waals surface area contributed by atoms with E-state index in [1.807, 2.05) is 10.6 Å². The fourth-order valence-corrected chi connectivity index (χ4v) is 4.85. The fourth-order valence-electron chi connectivity index (χ4n) is 4.85. The van der Waals surface area contributed by atoms with Gasteiger partial charge in [-0.15, -0.1) is 0 Å². The molecule has 4 rings (SSSR count). The number of aryl methyl sites for hydroxylation is 1. The van der Waals surface area contributed by atoms with Crippen molar-refractivity contribution in [2.45, 2.75) is 45.8 Å². The molecule has 2 aromatic heterocycles. The average molecular weight is 405 g/mol. The third kappa shape index (κ3) is 4.10. The van der Waals surface area contributed by atoms with E-state index in [0.717, 1.165) is 43.9 Å². The highest BCUT2D eigenvalue weighted by molar-refractivity contribution is 5.61. The van der Waals surface area contributed by atoms with Crippen LogP contribution in [0.2, 0.25) is 0 Å². The van der Waals surface area contributed by atoms with E-state index in [9.17, 15) is 18.0 Å². The van der Waals surface area contributed by atoms with Gasteiger partial charge in [0.1, 0.15) is 0 Å². The molecule has 29 heavy (non-hydrogen) atoms. The maximum Gasteiger partial charge on any atom is 0.416 e. The van der Waals surface area contributed by atoms with Crippen molar-refractivity contribution in [2.75, 3.05) is 19.6 Å². The van der Waals surface area contributed by atoms with E-state index in [1.54, 1.807) is 6.92 Å². The number of nitrogens with zero attached hydrogens (tertiary/aromatic N) is 3. The Morgan fingerprint density at radius 2 is 1.90 bits per heavy atom. The summed E-state index contributed by atoms with van der Waals surface area (Å²) < 4.78 is 41.5. The second-order valence-electron chi connectivity index (χ2n) is 8.91. The Balaban J connectivity index is 1.74. The fraction of sp³-hybridized carbons (Fsp3) is 0.545. The molecule has 156 valence electrons. The quantitative estimate of drug-likeness (QED) is 0.764. The highest BCUT2D eigenvalue weighted by atomic mass is 19.4. The third-order valence-electron chi connectivity index (χ3n) is 5.83. The Morgan fingerprint density at radius 3 is 2.59 bits per heavy atom. The normalized spacial score (nSPS) is 22.0. The standard InChI is InChI=1S/C22H26F3N3O/c1-13(2)9-27-10-15-5-17(12-27)20-6-16(7-21(29)28(20)11-15)19-8-18(22(23,24)25)4-14(3)26-19/h4,6-8,13,15,17H,5,9-12H2,1-3H3/t15-,17+/m0/s1. The maximum absolute atomic E-state index is 13.2. The second kappa shape index (κ2) is 7.27. The zero-order valence-corrected chi connectivity index (χ0v) is 17.0. The molecule has 1 fully saturated rings. The van der Waals surface area contributed by atoms with Crippen molar-refractivity contribution in [3.05, 3.63) is 51.6 Å². The van der Waals surface area contributed by atoms with Gasteiger partial charge in [0.2, 0.25) is 0 Å². The topological polar surface area (TPSA) is 38.1 Å². The zero-order chi connectivity index (χ0) is 20.9. The summed E-state index contributed by atoms with van der Waals surface area (Å²) in [5.41, 5.74) is 0.993. The van der Waals surface area contributed by atoms with Crippen molar-refractivity contribution in [2.24, 2.45) is 11.8 Å². The number of aromatic nitrogens is 2. The van der Waals surface area contributed by atoms with Gasteiger partial charge < -0.3 is 9.47 Å². The van der Waals surface area contributed by atoms with E-state index >= 15 is 0 Å². The van der Waals surface area contributed by atoms with Crippen LogP contribution in [0, 0.1) is 18.8 Å². The highest BCUT2D eigenvalue weighted by Gasteiger charge is 2.35. The van der Waals surface area contributed by atoms with Crippen LogP contribution in [-0.4, -0.2) is 34.1 Å². The lowest BCUT2D eigenvalue weighted by atomic mass is 9.82. The first-order chi connectivity index (χ1) is 13.6. The van der Waals surface area contributed by atoms with Crippen molar-refractivity contribution in [3.8, 4) is 11.3 Å². The van der Waals surface area contributed by atoms with Crippen molar-refractivity contribution >= 4 is 0 Å². The van der Waals surface area contributed by atoms with Crippen LogP contribution in [-0.2, 0) is 12.7 Å². The van der Waals surface area contributed by atoms with E-state index in [2.05, 4.69) is 23.7 Å². The second-order valence-corrected chi connectivity index (χ2v) is 8.91. The molecule has 0 aromatic carbocycles. The van der Waals surface area contributed by atoms with Crippen LogP contribution in [0.15, 0.2) is 29.1 Å². The molecule has 2 aliphatic heterocycles. The van der Waals surface area contributed by atoms with E-state index < -0.39 is 11.7 Å². The van der Waals surface area contributed by atoms with Crippen molar-refractivity contribution in [1.82, 2.24) is 14.5 Å². The van der Waals surface area contributed by atoms with Crippen LogP contribution >= 0.6 is 0 Å². The number of hydrogen-bond acceptors (Lipinski definition) is 3. The molecule has 4 heterocycles. The minimum Gasteiger partial charge on any atom is -0.312 e. The van der Waals surface area contributed by atoms with Crippen LogP contribution in [0.3, 0.4) is 0 Å². The molecule has 0 radical (unpaired) electrons. The SMILES string of the molecule is Cc1cc(C(F)(F)F)cc(-c2cc3n(c(=O)c2)C[C@H]2C[C@@H]3CN(CC(C)C)C2)n1. The number of pyridine rings is 2. The van der Waals surface area contributed by atoms with Gasteiger partial charge in [-0.25, -0.2) is 0 Å². The predicted molar refractivity (Wildman–Crippen MR) is 106 cm³/mol. The minimum atomic E-state index is -4.44. The van der Waals surface area contributed by atoms with E-state index in [-0.39, 0.29) is 22.9 Å². The van der Waals surface area contributed by atoms with Gasteiger partial charge in [-0.1, -0.05) is 13.8 Å². The van der Waals surface area contributed by atoms with Gasteiger partial charge in [-0.05, 0) is 43.4 Å². The number of halogens is 3.